The maximum Gasteiger partial charge on any atom is 0.250 e. The van der Waals surface area contributed by atoms with E-state index in [9.17, 15) is 4.39 Å². The zero-order chi connectivity index (χ0) is 19.5. The lowest BCUT2D eigenvalue weighted by Gasteiger charge is -2.19. The van der Waals surface area contributed by atoms with Gasteiger partial charge in [0.1, 0.15) is 11.9 Å². The number of hydrogen-bond acceptors (Lipinski definition) is 4. The van der Waals surface area contributed by atoms with Crippen LogP contribution in [-0.2, 0) is 0 Å². The molecule has 5 heteroatoms. The van der Waals surface area contributed by atoms with Gasteiger partial charge >= 0.3 is 0 Å². The third-order valence-corrected chi connectivity index (χ3v) is 4.62. The fourth-order valence-electron chi connectivity index (χ4n) is 3.07. The van der Waals surface area contributed by atoms with Gasteiger partial charge in [0.15, 0.2) is 0 Å². The normalized spacial score (nSPS) is 12.0. The molecule has 0 aliphatic heterocycles. The monoisotopic (exact) mass is 373 g/mol. The second-order valence-electron chi connectivity index (χ2n) is 6.73. The van der Waals surface area contributed by atoms with Crippen LogP contribution in [0.5, 0.6) is 0 Å². The quantitative estimate of drug-likeness (QED) is 0.488. The lowest BCUT2D eigenvalue weighted by atomic mass is 10.0. The van der Waals surface area contributed by atoms with Crippen LogP contribution in [-0.4, -0.2) is 10.2 Å². The van der Waals surface area contributed by atoms with Crippen molar-refractivity contribution in [2.75, 3.05) is 5.32 Å². The molecule has 4 nitrogen and oxygen atoms in total. The average molecular weight is 373 g/mol. The van der Waals surface area contributed by atoms with Gasteiger partial charge in [-0.05, 0) is 48.7 Å². The molecule has 0 unspecified atom stereocenters. The predicted molar refractivity (Wildman–Crippen MR) is 108 cm³/mol. The van der Waals surface area contributed by atoms with Crippen LogP contribution in [0.3, 0.4) is 0 Å². The van der Waals surface area contributed by atoms with E-state index < -0.39 is 5.82 Å². The molecule has 0 aliphatic carbocycles. The van der Waals surface area contributed by atoms with Gasteiger partial charge in [-0.25, -0.2) is 4.39 Å². The molecule has 0 amide bonds. The molecule has 4 rings (SSSR count). The Morgan fingerprint density at radius 2 is 1.64 bits per heavy atom. The first-order chi connectivity index (χ1) is 13.6. The van der Waals surface area contributed by atoms with Crippen molar-refractivity contribution in [2.24, 2.45) is 0 Å². The third kappa shape index (κ3) is 3.64. The number of nitrogens with one attached hydrogen (secondary N) is 1. The minimum atomic E-state index is -0.392. The summed E-state index contributed by atoms with van der Waals surface area (Å²) in [6.45, 7) is 4.09. The van der Waals surface area contributed by atoms with Crippen LogP contribution >= 0.6 is 0 Å². The van der Waals surface area contributed by atoms with Gasteiger partial charge in [-0.3, -0.25) is 0 Å². The van der Waals surface area contributed by atoms with E-state index in [0.717, 1.165) is 22.4 Å². The van der Waals surface area contributed by atoms with Crippen molar-refractivity contribution < 1.29 is 8.81 Å². The summed E-state index contributed by atoms with van der Waals surface area (Å²) in [7, 11) is 0. The Kier molecular flexibility index (Phi) is 4.89. The van der Waals surface area contributed by atoms with Gasteiger partial charge in [-0.15, -0.1) is 10.2 Å². The van der Waals surface area contributed by atoms with E-state index in [1.807, 2.05) is 44.2 Å². The summed E-state index contributed by atoms with van der Waals surface area (Å²) in [5.74, 6) is 0.151. The topological polar surface area (TPSA) is 51.0 Å². The van der Waals surface area contributed by atoms with Crippen molar-refractivity contribution in [1.29, 1.82) is 0 Å². The number of nitrogens with zero attached hydrogens (tertiary/aromatic N) is 2. The van der Waals surface area contributed by atoms with Gasteiger partial charge in [-0.2, -0.15) is 0 Å². The first-order valence-corrected chi connectivity index (χ1v) is 9.09. The molecular formula is C23H20FN3O. The number of hydrogen-bond donors (Lipinski definition) is 1. The van der Waals surface area contributed by atoms with E-state index in [4.69, 9.17) is 4.42 Å². The molecule has 1 atom stereocenters. The molecular weight excluding hydrogens is 353 g/mol. The molecule has 0 aliphatic rings. The summed E-state index contributed by atoms with van der Waals surface area (Å²) < 4.78 is 20.0. The number of aromatic nitrogens is 2. The summed E-state index contributed by atoms with van der Waals surface area (Å²) in [5, 5.41) is 11.8. The van der Waals surface area contributed by atoms with E-state index in [1.165, 1.54) is 6.07 Å². The molecule has 28 heavy (non-hydrogen) atoms. The Morgan fingerprint density at radius 3 is 2.43 bits per heavy atom. The highest BCUT2D eigenvalue weighted by Crippen LogP contribution is 2.30. The number of halogens is 1. The Morgan fingerprint density at radius 1 is 0.893 bits per heavy atom. The Balaban J connectivity index is 1.75. The van der Waals surface area contributed by atoms with Crippen molar-refractivity contribution >= 4 is 5.69 Å². The van der Waals surface area contributed by atoms with Crippen molar-refractivity contribution in [3.63, 3.8) is 0 Å². The van der Waals surface area contributed by atoms with E-state index >= 15 is 0 Å². The highest BCUT2D eigenvalue weighted by molar-refractivity contribution is 5.56. The van der Waals surface area contributed by atoms with Crippen LogP contribution in [0.1, 0.15) is 28.6 Å². The Hall–Kier alpha value is -3.47. The van der Waals surface area contributed by atoms with Crippen LogP contribution in [0.25, 0.3) is 11.5 Å². The SMILES string of the molecule is Cc1ccc(C)c(N[C@H](c2ccccc2)c2nnc(-c3ccccc3F)o2)c1. The van der Waals surface area contributed by atoms with Crippen molar-refractivity contribution in [1.82, 2.24) is 10.2 Å². The smallest absolute Gasteiger partial charge is 0.250 e. The molecule has 0 fully saturated rings. The largest absolute Gasteiger partial charge is 0.418 e. The van der Waals surface area contributed by atoms with E-state index in [1.54, 1.807) is 18.2 Å². The number of anilines is 1. The minimum Gasteiger partial charge on any atom is -0.418 e. The minimum absolute atomic E-state index is 0.164. The first-order valence-electron chi connectivity index (χ1n) is 9.09. The number of benzene rings is 3. The molecule has 1 N–H and O–H groups in total. The molecule has 4 aromatic rings. The molecule has 0 saturated carbocycles. The highest BCUT2D eigenvalue weighted by Gasteiger charge is 2.23. The van der Waals surface area contributed by atoms with Crippen LogP contribution in [0, 0.1) is 19.7 Å². The molecule has 0 radical (unpaired) electrons. The molecule has 140 valence electrons. The average Bonchev–Trinajstić information content (AvgIpc) is 3.19. The van der Waals surface area contributed by atoms with Gasteiger partial charge in [0.05, 0.1) is 5.56 Å². The molecule has 0 saturated heterocycles. The molecule has 0 spiro atoms. The van der Waals surface area contributed by atoms with Crippen molar-refractivity contribution in [3.8, 4) is 11.5 Å². The third-order valence-electron chi connectivity index (χ3n) is 4.62. The van der Waals surface area contributed by atoms with E-state index in [0.29, 0.717) is 11.5 Å². The van der Waals surface area contributed by atoms with Crippen molar-refractivity contribution in [3.05, 3.63) is 101 Å². The van der Waals surface area contributed by atoms with Crippen LogP contribution < -0.4 is 5.32 Å². The molecule has 1 aromatic heterocycles. The number of aryl methyl sites for hydroxylation is 2. The van der Waals surface area contributed by atoms with Gasteiger partial charge in [0.2, 0.25) is 5.89 Å². The van der Waals surface area contributed by atoms with Gasteiger partial charge in [-0.1, -0.05) is 54.6 Å². The summed E-state index contributed by atoms with van der Waals surface area (Å²) in [4.78, 5) is 0. The maximum absolute atomic E-state index is 14.1. The Bertz CT molecular complexity index is 1090. The molecule has 3 aromatic carbocycles. The fraction of sp³-hybridized carbons (Fsp3) is 0.130. The maximum atomic E-state index is 14.1. The zero-order valence-electron chi connectivity index (χ0n) is 15.7. The van der Waals surface area contributed by atoms with Crippen molar-refractivity contribution in [2.45, 2.75) is 19.9 Å². The lowest BCUT2D eigenvalue weighted by Crippen LogP contribution is -2.13. The summed E-state index contributed by atoms with van der Waals surface area (Å²) in [5.41, 5.74) is 4.52. The number of rotatable bonds is 5. The summed E-state index contributed by atoms with van der Waals surface area (Å²) in [6, 6.07) is 22.1. The molecule has 1 heterocycles. The first kappa shape index (κ1) is 17.9. The standard InChI is InChI=1S/C23H20FN3O/c1-15-12-13-16(2)20(14-15)25-21(17-8-4-3-5-9-17)23-27-26-22(28-23)18-10-6-7-11-19(18)24/h3-14,21,25H,1-2H3/t21-/m1/s1. The van der Waals surface area contributed by atoms with Crippen LogP contribution in [0.15, 0.2) is 77.2 Å². The lowest BCUT2D eigenvalue weighted by molar-refractivity contribution is 0.490. The molecule has 0 bridgehead atoms. The zero-order valence-corrected chi connectivity index (χ0v) is 15.7. The fourth-order valence-corrected chi connectivity index (χ4v) is 3.07. The van der Waals surface area contributed by atoms with Crippen LogP contribution in [0.4, 0.5) is 10.1 Å². The van der Waals surface area contributed by atoms with Gasteiger partial charge < -0.3 is 9.73 Å². The summed E-state index contributed by atoms with van der Waals surface area (Å²) in [6.07, 6.45) is 0. The highest BCUT2D eigenvalue weighted by atomic mass is 19.1. The predicted octanol–water partition coefficient (Wildman–Crippen LogP) is 5.69. The second kappa shape index (κ2) is 7.64. The van der Waals surface area contributed by atoms with E-state index in [2.05, 4.69) is 33.7 Å². The summed E-state index contributed by atoms with van der Waals surface area (Å²) >= 11 is 0. The van der Waals surface area contributed by atoms with Gasteiger partial charge in [0, 0.05) is 5.69 Å². The van der Waals surface area contributed by atoms with Crippen LogP contribution in [0.2, 0.25) is 0 Å². The van der Waals surface area contributed by atoms with E-state index in [-0.39, 0.29) is 11.9 Å². The Labute approximate surface area is 163 Å². The van der Waals surface area contributed by atoms with Gasteiger partial charge in [0.25, 0.3) is 5.89 Å². The second-order valence-corrected chi connectivity index (χ2v) is 6.73.